The topological polar surface area (TPSA) is 93.5 Å². The molecule has 2 aromatic rings. The van der Waals surface area contributed by atoms with Gasteiger partial charge in [-0.25, -0.2) is 0 Å². The molecule has 0 unspecified atom stereocenters. The van der Waals surface area contributed by atoms with Crippen LogP contribution in [0.25, 0.3) is 0 Å². The summed E-state index contributed by atoms with van der Waals surface area (Å²) in [5.41, 5.74) is 0.861. The quantitative estimate of drug-likeness (QED) is 0.597. The van der Waals surface area contributed by atoms with Crippen molar-refractivity contribution >= 4 is 34.6 Å². The van der Waals surface area contributed by atoms with E-state index in [4.69, 9.17) is 16.3 Å². The number of nitrogens with one attached hydrogen (secondary N) is 2. The maximum Gasteiger partial charge on any atom is 0.293 e. The molecule has 0 aromatic heterocycles. The number of rotatable bonds is 6. The number of benzene rings is 2. The summed E-state index contributed by atoms with van der Waals surface area (Å²) in [6, 6.07) is 9.58. The molecule has 0 aliphatic heterocycles. The summed E-state index contributed by atoms with van der Waals surface area (Å²) in [5.74, 6) is -0.152. The van der Waals surface area contributed by atoms with Crippen LogP contribution in [-0.4, -0.2) is 24.0 Å². The molecule has 1 saturated carbocycles. The van der Waals surface area contributed by atoms with E-state index in [1.807, 2.05) is 0 Å². The number of amides is 1. The highest BCUT2D eigenvalue weighted by molar-refractivity contribution is 6.32. The lowest BCUT2D eigenvalue weighted by molar-refractivity contribution is -0.384. The molecule has 1 aliphatic carbocycles. The standard InChI is InChI=1S/C17H16ClN3O4/c1-25-16-12(18)3-2-4-14(16)20-17(22)10-5-8-13(19-11-6-7-11)15(9-10)21(23)24/h2-5,8-9,11,19H,6-7H2,1H3,(H,20,22). The van der Waals surface area contributed by atoms with E-state index in [2.05, 4.69) is 10.6 Å². The number of nitro groups is 1. The summed E-state index contributed by atoms with van der Waals surface area (Å²) >= 11 is 6.03. The molecule has 0 atom stereocenters. The highest BCUT2D eigenvalue weighted by Gasteiger charge is 2.25. The van der Waals surface area contributed by atoms with E-state index in [0.29, 0.717) is 22.1 Å². The molecule has 0 radical (unpaired) electrons. The number of anilines is 2. The first kappa shape index (κ1) is 17.0. The van der Waals surface area contributed by atoms with Crippen LogP contribution in [0.5, 0.6) is 5.75 Å². The van der Waals surface area contributed by atoms with E-state index in [1.54, 1.807) is 30.3 Å². The molecule has 1 amide bonds. The van der Waals surface area contributed by atoms with Crippen molar-refractivity contribution < 1.29 is 14.5 Å². The third-order valence-electron chi connectivity index (χ3n) is 3.81. The predicted molar refractivity (Wildman–Crippen MR) is 95.7 cm³/mol. The minimum Gasteiger partial charge on any atom is -0.493 e. The van der Waals surface area contributed by atoms with E-state index in [1.165, 1.54) is 13.2 Å². The van der Waals surface area contributed by atoms with Gasteiger partial charge < -0.3 is 15.4 Å². The smallest absolute Gasteiger partial charge is 0.293 e. The van der Waals surface area contributed by atoms with Gasteiger partial charge in [0, 0.05) is 17.7 Å². The number of nitro benzene ring substituents is 1. The minimum absolute atomic E-state index is 0.127. The summed E-state index contributed by atoms with van der Waals surface area (Å²) in [7, 11) is 1.44. The maximum atomic E-state index is 12.5. The number of nitrogens with zero attached hydrogens (tertiary/aromatic N) is 1. The van der Waals surface area contributed by atoms with Crippen molar-refractivity contribution in [2.45, 2.75) is 18.9 Å². The molecule has 3 rings (SSSR count). The third kappa shape index (κ3) is 3.83. The lowest BCUT2D eigenvalue weighted by Crippen LogP contribution is -2.14. The first-order chi connectivity index (χ1) is 12.0. The normalized spacial score (nSPS) is 13.2. The van der Waals surface area contributed by atoms with Crippen molar-refractivity contribution in [1.82, 2.24) is 0 Å². The Bertz CT molecular complexity index is 837. The van der Waals surface area contributed by atoms with Crippen molar-refractivity contribution in [2.75, 3.05) is 17.7 Å². The van der Waals surface area contributed by atoms with Crippen molar-refractivity contribution in [3.05, 3.63) is 57.1 Å². The Morgan fingerprint density at radius 1 is 1.28 bits per heavy atom. The fourth-order valence-electron chi connectivity index (χ4n) is 2.40. The van der Waals surface area contributed by atoms with Crippen LogP contribution >= 0.6 is 11.6 Å². The fraction of sp³-hybridized carbons (Fsp3) is 0.235. The van der Waals surface area contributed by atoms with Gasteiger partial charge >= 0.3 is 0 Å². The molecule has 25 heavy (non-hydrogen) atoms. The van der Waals surface area contributed by atoms with Gasteiger partial charge in [0.1, 0.15) is 5.69 Å². The average Bonchev–Trinajstić information content (AvgIpc) is 3.39. The van der Waals surface area contributed by atoms with E-state index < -0.39 is 10.8 Å². The Labute approximate surface area is 149 Å². The second-order valence-corrected chi connectivity index (χ2v) is 6.09. The van der Waals surface area contributed by atoms with Crippen LogP contribution < -0.4 is 15.4 Å². The summed E-state index contributed by atoms with van der Waals surface area (Å²) in [6.07, 6.45) is 1.99. The molecular weight excluding hydrogens is 346 g/mol. The van der Waals surface area contributed by atoms with Crippen LogP contribution in [0, 0.1) is 10.1 Å². The molecule has 2 aromatic carbocycles. The number of carbonyl (C=O) groups excluding carboxylic acids is 1. The van der Waals surface area contributed by atoms with Crippen molar-refractivity contribution in [2.24, 2.45) is 0 Å². The van der Waals surface area contributed by atoms with Crippen molar-refractivity contribution in [3.63, 3.8) is 0 Å². The predicted octanol–water partition coefficient (Wildman–Crippen LogP) is 4.08. The molecular formula is C17H16ClN3O4. The van der Waals surface area contributed by atoms with Crippen molar-refractivity contribution in [3.8, 4) is 5.75 Å². The molecule has 0 spiro atoms. The Hall–Kier alpha value is -2.80. The molecule has 2 N–H and O–H groups in total. The van der Waals surface area contributed by atoms with Crippen LogP contribution in [0.2, 0.25) is 5.02 Å². The number of halogens is 1. The van der Waals surface area contributed by atoms with Crippen molar-refractivity contribution in [1.29, 1.82) is 0 Å². The Kier molecular flexibility index (Phi) is 4.76. The van der Waals surface area contributed by atoms with Crippen LogP contribution in [0.1, 0.15) is 23.2 Å². The Balaban J connectivity index is 1.86. The van der Waals surface area contributed by atoms with Crippen LogP contribution in [-0.2, 0) is 0 Å². The van der Waals surface area contributed by atoms with Crippen LogP contribution in [0.3, 0.4) is 0 Å². The first-order valence-corrected chi connectivity index (χ1v) is 8.06. The first-order valence-electron chi connectivity index (χ1n) is 7.68. The third-order valence-corrected chi connectivity index (χ3v) is 4.11. The van der Waals surface area contributed by atoms with Gasteiger partial charge in [-0.05, 0) is 37.1 Å². The van der Waals surface area contributed by atoms with E-state index in [-0.39, 0.29) is 17.3 Å². The number of para-hydroxylation sites is 1. The van der Waals surface area contributed by atoms with Gasteiger partial charge in [0.15, 0.2) is 5.75 Å². The summed E-state index contributed by atoms with van der Waals surface area (Å²) in [4.78, 5) is 23.3. The Morgan fingerprint density at radius 3 is 2.68 bits per heavy atom. The molecule has 1 fully saturated rings. The summed E-state index contributed by atoms with van der Waals surface area (Å²) in [5, 5.41) is 17.4. The van der Waals surface area contributed by atoms with Gasteiger partial charge in [-0.15, -0.1) is 0 Å². The summed E-state index contributed by atoms with van der Waals surface area (Å²) in [6.45, 7) is 0. The lowest BCUT2D eigenvalue weighted by Gasteiger charge is -2.12. The number of ether oxygens (including phenoxy) is 1. The zero-order chi connectivity index (χ0) is 18.0. The molecule has 8 heteroatoms. The molecule has 0 heterocycles. The van der Waals surface area contributed by atoms with E-state index >= 15 is 0 Å². The van der Waals surface area contributed by atoms with Crippen LogP contribution in [0.4, 0.5) is 17.1 Å². The SMILES string of the molecule is COc1c(Cl)cccc1NC(=O)c1ccc(NC2CC2)c([N+](=O)[O-])c1. The zero-order valence-corrected chi connectivity index (χ0v) is 14.2. The molecule has 1 aliphatic rings. The molecule has 7 nitrogen and oxygen atoms in total. The van der Waals surface area contributed by atoms with Gasteiger partial charge in [-0.1, -0.05) is 17.7 Å². The average molecular weight is 362 g/mol. The number of carbonyl (C=O) groups is 1. The largest absolute Gasteiger partial charge is 0.493 e. The maximum absolute atomic E-state index is 12.5. The van der Waals surface area contributed by atoms with E-state index in [0.717, 1.165) is 12.8 Å². The molecule has 0 bridgehead atoms. The second kappa shape index (κ2) is 6.98. The fourth-order valence-corrected chi connectivity index (χ4v) is 2.65. The highest BCUT2D eigenvalue weighted by Crippen LogP contribution is 2.34. The van der Waals surface area contributed by atoms with Gasteiger partial charge in [0.2, 0.25) is 0 Å². The minimum atomic E-state index is -0.499. The van der Waals surface area contributed by atoms with Gasteiger partial charge in [-0.3, -0.25) is 14.9 Å². The Morgan fingerprint density at radius 2 is 2.04 bits per heavy atom. The zero-order valence-electron chi connectivity index (χ0n) is 13.4. The monoisotopic (exact) mass is 361 g/mol. The highest BCUT2D eigenvalue weighted by atomic mass is 35.5. The number of methoxy groups -OCH3 is 1. The van der Waals surface area contributed by atoms with Gasteiger partial charge in [0.05, 0.1) is 22.7 Å². The molecule has 130 valence electrons. The van der Waals surface area contributed by atoms with Gasteiger partial charge in [-0.2, -0.15) is 0 Å². The number of hydrogen-bond donors (Lipinski definition) is 2. The van der Waals surface area contributed by atoms with Gasteiger partial charge in [0.25, 0.3) is 11.6 Å². The lowest BCUT2D eigenvalue weighted by atomic mass is 10.1. The van der Waals surface area contributed by atoms with E-state index in [9.17, 15) is 14.9 Å². The van der Waals surface area contributed by atoms with Crippen LogP contribution in [0.15, 0.2) is 36.4 Å². The molecule has 0 saturated heterocycles. The summed E-state index contributed by atoms with van der Waals surface area (Å²) < 4.78 is 5.18. The second-order valence-electron chi connectivity index (χ2n) is 5.68. The number of hydrogen-bond acceptors (Lipinski definition) is 5.